The Balaban J connectivity index is 1.90. The second kappa shape index (κ2) is 7.09. The van der Waals surface area contributed by atoms with Gasteiger partial charge < -0.3 is 9.80 Å². The minimum atomic E-state index is 0.0515. The summed E-state index contributed by atoms with van der Waals surface area (Å²) in [5.41, 5.74) is 0. The highest BCUT2D eigenvalue weighted by atomic mass is 16.2. The number of carbonyl (C=O) groups excluding carboxylic acids is 2. The normalized spacial score (nSPS) is 21.8. The highest BCUT2D eigenvalue weighted by Gasteiger charge is 2.28. The predicted molar refractivity (Wildman–Crippen MR) is 79.2 cm³/mol. The van der Waals surface area contributed by atoms with Crippen molar-refractivity contribution in [3.05, 3.63) is 0 Å². The number of piperidine rings is 1. The van der Waals surface area contributed by atoms with Crippen LogP contribution in [0.25, 0.3) is 0 Å². The van der Waals surface area contributed by atoms with Crippen molar-refractivity contribution < 1.29 is 9.59 Å². The van der Waals surface area contributed by atoms with Gasteiger partial charge in [0.25, 0.3) is 0 Å². The van der Waals surface area contributed by atoms with Gasteiger partial charge in [0.15, 0.2) is 0 Å². The summed E-state index contributed by atoms with van der Waals surface area (Å²) in [7, 11) is 0. The smallest absolute Gasteiger partial charge is 0.242 e. The van der Waals surface area contributed by atoms with Gasteiger partial charge in [0.05, 0.1) is 6.54 Å². The Bertz CT molecular complexity index is 342. The first-order valence-electron chi connectivity index (χ1n) is 8.13. The zero-order chi connectivity index (χ0) is 14.5. The Hall–Kier alpha value is -1.06. The summed E-state index contributed by atoms with van der Waals surface area (Å²) in [6, 6.07) is 0.286. The number of likely N-dealkylation sites (tertiary alicyclic amines) is 1. The van der Waals surface area contributed by atoms with Gasteiger partial charge in [-0.1, -0.05) is 26.2 Å². The molecule has 0 aromatic heterocycles. The van der Waals surface area contributed by atoms with Gasteiger partial charge in [-0.25, -0.2) is 0 Å². The first kappa shape index (κ1) is 15.3. The average Bonchev–Trinajstić information content (AvgIpc) is 2.46. The Morgan fingerprint density at radius 1 is 1.05 bits per heavy atom. The number of carbonyl (C=O) groups is 2. The molecule has 4 nitrogen and oxygen atoms in total. The van der Waals surface area contributed by atoms with E-state index in [1.54, 1.807) is 6.92 Å². The van der Waals surface area contributed by atoms with Gasteiger partial charge in [0.2, 0.25) is 11.8 Å². The maximum atomic E-state index is 12.4. The molecule has 20 heavy (non-hydrogen) atoms. The Morgan fingerprint density at radius 3 is 2.20 bits per heavy atom. The summed E-state index contributed by atoms with van der Waals surface area (Å²) in [6.07, 6.45) is 7.94. The van der Waals surface area contributed by atoms with Gasteiger partial charge in [-0.05, 0) is 31.6 Å². The summed E-state index contributed by atoms with van der Waals surface area (Å²) >= 11 is 0. The molecule has 0 N–H and O–H groups in total. The van der Waals surface area contributed by atoms with Crippen molar-refractivity contribution in [2.45, 2.75) is 64.8 Å². The van der Waals surface area contributed by atoms with E-state index < -0.39 is 0 Å². The van der Waals surface area contributed by atoms with Crippen LogP contribution >= 0.6 is 0 Å². The van der Waals surface area contributed by atoms with Crippen LogP contribution in [0.1, 0.15) is 58.8 Å². The van der Waals surface area contributed by atoms with E-state index in [1.807, 2.05) is 9.80 Å². The molecular formula is C16H28N2O2. The monoisotopic (exact) mass is 280 g/mol. The van der Waals surface area contributed by atoms with Crippen molar-refractivity contribution >= 4 is 11.8 Å². The lowest BCUT2D eigenvalue weighted by molar-refractivity contribution is -0.142. The summed E-state index contributed by atoms with van der Waals surface area (Å²) in [6.45, 7) is 5.84. The standard InChI is InChI=1S/C16H28N2O2/c1-13-8-10-17(11-9-13)16(20)12-18(14(2)19)15-6-4-3-5-7-15/h13,15H,3-12H2,1-2H3. The van der Waals surface area contributed by atoms with Crippen molar-refractivity contribution in [1.29, 1.82) is 0 Å². The zero-order valence-corrected chi connectivity index (χ0v) is 12.9. The fraction of sp³-hybridized carbons (Fsp3) is 0.875. The quantitative estimate of drug-likeness (QED) is 0.796. The fourth-order valence-corrected chi connectivity index (χ4v) is 3.39. The van der Waals surface area contributed by atoms with E-state index in [1.165, 1.54) is 19.3 Å². The van der Waals surface area contributed by atoms with E-state index in [4.69, 9.17) is 0 Å². The van der Waals surface area contributed by atoms with Crippen LogP contribution < -0.4 is 0 Å². The molecule has 2 amide bonds. The molecule has 0 bridgehead atoms. The van der Waals surface area contributed by atoms with E-state index in [0.29, 0.717) is 0 Å². The lowest BCUT2D eigenvalue weighted by Gasteiger charge is -2.36. The highest BCUT2D eigenvalue weighted by Crippen LogP contribution is 2.23. The van der Waals surface area contributed by atoms with Gasteiger partial charge in [-0.3, -0.25) is 9.59 Å². The minimum absolute atomic E-state index is 0.0515. The lowest BCUT2D eigenvalue weighted by Crippen LogP contribution is -2.49. The molecule has 0 aromatic carbocycles. The molecular weight excluding hydrogens is 252 g/mol. The van der Waals surface area contributed by atoms with Crippen molar-refractivity contribution in [2.75, 3.05) is 19.6 Å². The van der Waals surface area contributed by atoms with Crippen LogP contribution in [0.3, 0.4) is 0 Å². The fourth-order valence-electron chi connectivity index (χ4n) is 3.39. The summed E-state index contributed by atoms with van der Waals surface area (Å²) < 4.78 is 0. The molecule has 1 aliphatic heterocycles. The Morgan fingerprint density at radius 2 is 1.65 bits per heavy atom. The molecule has 2 aliphatic rings. The molecule has 0 aromatic rings. The molecule has 1 heterocycles. The number of amides is 2. The topological polar surface area (TPSA) is 40.6 Å². The summed E-state index contributed by atoms with van der Waals surface area (Å²) in [5.74, 6) is 0.912. The number of rotatable bonds is 3. The van der Waals surface area contributed by atoms with Crippen LogP contribution in [0, 0.1) is 5.92 Å². The Kier molecular flexibility index (Phi) is 5.44. The van der Waals surface area contributed by atoms with E-state index in [9.17, 15) is 9.59 Å². The maximum Gasteiger partial charge on any atom is 0.242 e. The largest absolute Gasteiger partial charge is 0.341 e. The second-order valence-electron chi connectivity index (χ2n) is 6.50. The summed E-state index contributed by atoms with van der Waals surface area (Å²) in [4.78, 5) is 28.0. The maximum absolute atomic E-state index is 12.4. The first-order valence-corrected chi connectivity index (χ1v) is 8.13. The van der Waals surface area contributed by atoms with E-state index in [-0.39, 0.29) is 24.4 Å². The SMILES string of the molecule is CC(=O)N(CC(=O)N1CCC(C)CC1)C1CCCCC1. The van der Waals surface area contributed by atoms with Gasteiger partial charge in [0.1, 0.15) is 0 Å². The van der Waals surface area contributed by atoms with Gasteiger partial charge in [-0.15, -0.1) is 0 Å². The van der Waals surface area contributed by atoms with E-state index in [2.05, 4.69) is 6.92 Å². The molecule has 1 saturated heterocycles. The molecule has 0 radical (unpaired) electrons. The average molecular weight is 280 g/mol. The van der Waals surface area contributed by atoms with Crippen LogP contribution in [0.5, 0.6) is 0 Å². The van der Waals surface area contributed by atoms with Crippen LogP contribution in [0.4, 0.5) is 0 Å². The van der Waals surface area contributed by atoms with Crippen LogP contribution in [0.2, 0.25) is 0 Å². The Labute approximate surface area is 122 Å². The lowest BCUT2D eigenvalue weighted by atomic mass is 9.94. The third-order valence-electron chi connectivity index (χ3n) is 4.86. The second-order valence-corrected chi connectivity index (χ2v) is 6.50. The van der Waals surface area contributed by atoms with Crippen molar-refractivity contribution in [3.8, 4) is 0 Å². The summed E-state index contributed by atoms with van der Waals surface area (Å²) in [5, 5.41) is 0. The molecule has 114 valence electrons. The number of hydrogen-bond acceptors (Lipinski definition) is 2. The van der Waals surface area contributed by atoms with Crippen molar-refractivity contribution in [3.63, 3.8) is 0 Å². The molecule has 1 saturated carbocycles. The number of hydrogen-bond donors (Lipinski definition) is 0. The predicted octanol–water partition coefficient (Wildman–Crippen LogP) is 2.43. The first-order chi connectivity index (χ1) is 9.58. The van der Waals surface area contributed by atoms with E-state index >= 15 is 0 Å². The van der Waals surface area contributed by atoms with Crippen LogP contribution in [-0.4, -0.2) is 47.3 Å². The van der Waals surface area contributed by atoms with Crippen LogP contribution in [-0.2, 0) is 9.59 Å². The highest BCUT2D eigenvalue weighted by molar-refractivity contribution is 5.84. The molecule has 1 aliphatic carbocycles. The molecule has 0 unspecified atom stereocenters. The number of nitrogens with zero attached hydrogens (tertiary/aromatic N) is 2. The minimum Gasteiger partial charge on any atom is -0.341 e. The molecule has 2 fully saturated rings. The van der Waals surface area contributed by atoms with Crippen molar-refractivity contribution in [1.82, 2.24) is 9.80 Å². The van der Waals surface area contributed by atoms with Gasteiger partial charge in [-0.2, -0.15) is 0 Å². The zero-order valence-electron chi connectivity index (χ0n) is 12.9. The third kappa shape index (κ3) is 3.97. The molecule has 4 heteroatoms. The third-order valence-corrected chi connectivity index (χ3v) is 4.86. The van der Waals surface area contributed by atoms with Gasteiger partial charge >= 0.3 is 0 Å². The van der Waals surface area contributed by atoms with Crippen molar-refractivity contribution in [2.24, 2.45) is 5.92 Å². The molecule has 0 atom stereocenters. The van der Waals surface area contributed by atoms with E-state index in [0.717, 1.165) is 44.7 Å². The van der Waals surface area contributed by atoms with Crippen LogP contribution in [0.15, 0.2) is 0 Å². The molecule has 2 rings (SSSR count). The molecule has 0 spiro atoms. The van der Waals surface area contributed by atoms with Gasteiger partial charge in [0, 0.05) is 26.1 Å².